The smallest absolute Gasteiger partial charge is 0.320 e. The Morgan fingerprint density at radius 1 is 1.27 bits per heavy atom. The Labute approximate surface area is 135 Å². The first kappa shape index (κ1) is 15.3. The summed E-state index contributed by atoms with van der Waals surface area (Å²) in [6.07, 6.45) is 1.68. The first-order valence-corrected chi connectivity index (χ1v) is 8.59. The normalized spacial score (nSPS) is 20.2. The lowest BCUT2D eigenvalue weighted by Crippen LogP contribution is -2.39. The van der Waals surface area contributed by atoms with Crippen LogP contribution in [0.3, 0.4) is 0 Å². The molecule has 1 aliphatic rings. The maximum Gasteiger partial charge on any atom is 0.320 e. The van der Waals surface area contributed by atoms with E-state index in [1.165, 1.54) is 22.3 Å². The van der Waals surface area contributed by atoms with Gasteiger partial charge in [-0.1, -0.05) is 29.3 Å². The second-order valence-corrected chi connectivity index (χ2v) is 6.89. The molecule has 1 aromatic heterocycles. The van der Waals surface area contributed by atoms with Crippen molar-refractivity contribution in [1.29, 1.82) is 0 Å². The summed E-state index contributed by atoms with van der Waals surface area (Å²) in [6.45, 7) is 5.03. The van der Waals surface area contributed by atoms with Crippen LogP contribution in [0.1, 0.15) is 41.1 Å². The van der Waals surface area contributed by atoms with Gasteiger partial charge in [-0.2, -0.15) is 11.3 Å². The van der Waals surface area contributed by atoms with Crippen molar-refractivity contribution in [3.63, 3.8) is 0 Å². The highest BCUT2D eigenvalue weighted by Crippen LogP contribution is 2.36. The molecule has 1 aromatic carbocycles. The molecule has 0 spiro atoms. The van der Waals surface area contributed by atoms with E-state index in [0.29, 0.717) is 0 Å². The highest BCUT2D eigenvalue weighted by molar-refractivity contribution is 7.08. The molecule has 0 aliphatic carbocycles. The molecule has 0 radical (unpaired) electrons. The van der Waals surface area contributed by atoms with Crippen LogP contribution in [-0.2, 0) is 4.79 Å². The number of rotatable bonds is 4. The molecular weight excluding hydrogens is 294 g/mol. The van der Waals surface area contributed by atoms with Crippen LogP contribution in [0.5, 0.6) is 0 Å². The Bertz CT molecular complexity index is 645. The van der Waals surface area contributed by atoms with Gasteiger partial charge in [0.25, 0.3) is 0 Å². The van der Waals surface area contributed by atoms with Crippen LogP contribution in [0, 0.1) is 13.8 Å². The Kier molecular flexibility index (Phi) is 4.32. The largest absolute Gasteiger partial charge is 0.480 e. The van der Waals surface area contributed by atoms with Crippen molar-refractivity contribution in [3.05, 3.63) is 57.3 Å². The average Bonchev–Trinajstić information content (AvgIpc) is 3.09. The van der Waals surface area contributed by atoms with E-state index in [1.54, 1.807) is 11.3 Å². The molecule has 1 aliphatic heterocycles. The molecule has 1 saturated heterocycles. The lowest BCUT2D eigenvalue weighted by Gasteiger charge is -2.31. The number of thiophene rings is 1. The van der Waals surface area contributed by atoms with Crippen LogP contribution >= 0.6 is 11.3 Å². The van der Waals surface area contributed by atoms with Gasteiger partial charge in [0.05, 0.1) is 6.04 Å². The molecule has 2 unspecified atom stereocenters. The van der Waals surface area contributed by atoms with Crippen LogP contribution in [-0.4, -0.2) is 28.6 Å². The Balaban J connectivity index is 2.06. The summed E-state index contributed by atoms with van der Waals surface area (Å²) in [7, 11) is 0. The molecule has 0 amide bonds. The first-order chi connectivity index (χ1) is 10.6. The zero-order chi connectivity index (χ0) is 15.7. The van der Waals surface area contributed by atoms with Gasteiger partial charge in [-0.25, -0.2) is 0 Å². The molecule has 22 heavy (non-hydrogen) atoms. The summed E-state index contributed by atoms with van der Waals surface area (Å²) >= 11 is 1.67. The van der Waals surface area contributed by atoms with E-state index in [0.717, 1.165) is 19.4 Å². The lowest BCUT2D eigenvalue weighted by molar-refractivity contribution is -0.142. The van der Waals surface area contributed by atoms with E-state index in [4.69, 9.17) is 0 Å². The quantitative estimate of drug-likeness (QED) is 0.927. The number of benzene rings is 1. The number of carboxylic acid groups (broad SMARTS) is 1. The van der Waals surface area contributed by atoms with Crippen molar-refractivity contribution in [2.45, 2.75) is 38.8 Å². The molecule has 1 N–H and O–H groups in total. The van der Waals surface area contributed by atoms with Crippen LogP contribution in [0.25, 0.3) is 0 Å². The minimum absolute atomic E-state index is 0.0356. The monoisotopic (exact) mass is 315 g/mol. The highest BCUT2D eigenvalue weighted by atomic mass is 32.1. The standard InChI is InChI=1S/C18H21NO2S/c1-12-8-13(2)10-15(9-12)17(14-5-7-22-11-14)19-6-3-4-16(19)18(20)21/h5,7-11,16-17H,3-4,6H2,1-2H3,(H,20,21). The zero-order valence-electron chi connectivity index (χ0n) is 13.0. The number of carbonyl (C=O) groups is 1. The van der Waals surface area contributed by atoms with E-state index in [1.807, 2.05) is 0 Å². The van der Waals surface area contributed by atoms with Gasteiger partial charge < -0.3 is 5.11 Å². The van der Waals surface area contributed by atoms with Crippen LogP contribution in [0.2, 0.25) is 0 Å². The molecule has 2 atom stereocenters. The second kappa shape index (κ2) is 6.23. The SMILES string of the molecule is Cc1cc(C)cc(C(c2ccsc2)N2CCCC2C(=O)O)c1. The van der Waals surface area contributed by atoms with Crippen molar-refractivity contribution < 1.29 is 9.90 Å². The fraction of sp³-hybridized carbons (Fsp3) is 0.389. The van der Waals surface area contributed by atoms with Crippen molar-refractivity contribution in [1.82, 2.24) is 4.90 Å². The second-order valence-electron chi connectivity index (χ2n) is 6.11. The Morgan fingerprint density at radius 3 is 2.59 bits per heavy atom. The third kappa shape index (κ3) is 2.94. The van der Waals surface area contributed by atoms with Gasteiger partial charge in [0.15, 0.2) is 0 Å². The number of hydrogen-bond acceptors (Lipinski definition) is 3. The van der Waals surface area contributed by atoms with Gasteiger partial charge >= 0.3 is 5.97 Å². The molecule has 2 heterocycles. The van der Waals surface area contributed by atoms with Crippen molar-refractivity contribution >= 4 is 17.3 Å². The number of likely N-dealkylation sites (tertiary alicyclic amines) is 1. The summed E-state index contributed by atoms with van der Waals surface area (Å²) in [6, 6.07) is 8.30. The van der Waals surface area contributed by atoms with Gasteiger partial charge in [0.1, 0.15) is 6.04 Å². The Morgan fingerprint density at radius 2 is 2.00 bits per heavy atom. The number of hydrogen-bond donors (Lipinski definition) is 1. The van der Waals surface area contributed by atoms with Gasteiger partial charge in [-0.05, 0) is 54.6 Å². The predicted molar refractivity (Wildman–Crippen MR) is 89.4 cm³/mol. The molecule has 0 bridgehead atoms. The summed E-state index contributed by atoms with van der Waals surface area (Å²) in [5.41, 5.74) is 4.84. The minimum atomic E-state index is -0.706. The summed E-state index contributed by atoms with van der Waals surface area (Å²) in [5, 5.41) is 13.8. The van der Waals surface area contributed by atoms with Gasteiger partial charge in [0, 0.05) is 6.54 Å². The lowest BCUT2D eigenvalue weighted by atomic mass is 9.95. The molecule has 3 rings (SSSR count). The third-order valence-corrected chi connectivity index (χ3v) is 5.03. The summed E-state index contributed by atoms with van der Waals surface area (Å²) in [5.74, 6) is -0.706. The minimum Gasteiger partial charge on any atom is -0.480 e. The number of carboxylic acids is 1. The predicted octanol–water partition coefficient (Wildman–Crippen LogP) is 4.00. The molecule has 116 valence electrons. The number of aliphatic carboxylic acids is 1. The molecule has 0 saturated carbocycles. The molecule has 2 aromatic rings. The first-order valence-electron chi connectivity index (χ1n) is 7.65. The highest BCUT2D eigenvalue weighted by Gasteiger charge is 2.37. The van der Waals surface area contributed by atoms with Crippen molar-refractivity contribution in [2.24, 2.45) is 0 Å². The molecule has 1 fully saturated rings. The van der Waals surface area contributed by atoms with E-state index in [2.05, 4.69) is 53.8 Å². The fourth-order valence-corrected chi connectivity index (χ4v) is 4.22. The average molecular weight is 315 g/mol. The van der Waals surface area contributed by atoms with E-state index in [-0.39, 0.29) is 12.1 Å². The van der Waals surface area contributed by atoms with Crippen molar-refractivity contribution in [3.8, 4) is 0 Å². The van der Waals surface area contributed by atoms with Crippen LogP contribution in [0.15, 0.2) is 35.0 Å². The fourth-order valence-electron chi connectivity index (χ4n) is 3.54. The number of nitrogens with zero attached hydrogens (tertiary/aromatic N) is 1. The maximum absolute atomic E-state index is 11.6. The number of aryl methyl sites for hydroxylation is 2. The van der Waals surface area contributed by atoms with E-state index < -0.39 is 5.97 Å². The van der Waals surface area contributed by atoms with Crippen LogP contribution < -0.4 is 0 Å². The molecular formula is C18H21NO2S. The molecule has 3 nitrogen and oxygen atoms in total. The Hall–Kier alpha value is -1.65. The molecule has 4 heteroatoms. The maximum atomic E-state index is 11.6. The summed E-state index contributed by atoms with van der Waals surface area (Å²) in [4.78, 5) is 13.8. The van der Waals surface area contributed by atoms with E-state index in [9.17, 15) is 9.90 Å². The zero-order valence-corrected chi connectivity index (χ0v) is 13.8. The van der Waals surface area contributed by atoms with Gasteiger partial charge in [0.2, 0.25) is 0 Å². The van der Waals surface area contributed by atoms with Gasteiger partial charge in [-0.15, -0.1) is 0 Å². The van der Waals surface area contributed by atoms with Crippen LogP contribution in [0.4, 0.5) is 0 Å². The summed E-state index contributed by atoms with van der Waals surface area (Å²) < 4.78 is 0. The van der Waals surface area contributed by atoms with E-state index >= 15 is 0 Å². The van der Waals surface area contributed by atoms with Gasteiger partial charge in [-0.3, -0.25) is 9.69 Å². The topological polar surface area (TPSA) is 40.5 Å². The third-order valence-electron chi connectivity index (χ3n) is 4.33. The van der Waals surface area contributed by atoms with Crippen molar-refractivity contribution in [2.75, 3.05) is 6.54 Å².